The van der Waals surface area contributed by atoms with E-state index in [0.717, 1.165) is 32.1 Å². The van der Waals surface area contributed by atoms with Gasteiger partial charge in [0.15, 0.2) is 0 Å². The van der Waals surface area contributed by atoms with Crippen molar-refractivity contribution in [1.82, 2.24) is 0 Å². The summed E-state index contributed by atoms with van der Waals surface area (Å²) in [5.74, 6) is -3.69. The van der Waals surface area contributed by atoms with Gasteiger partial charge in [-0.05, 0) is 91.8 Å². The number of halogens is 3. The summed E-state index contributed by atoms with van der Waals surface area (Å²) in [6.07, 6.45) is 4.86. The Labute approximate surface area is 173 Å². The Kier molecular flexibility index (Phi) is 5.30. The molecule has 0 spiro atoms. The number of carboxylic acid groups (broad SMARTS) is 1. The van der Waals surface area contributed by atoms with Crippen LogP contribution in [-0.4, -0.2) is 23.2 Å². The van der Waals surface area contributed by atoms with Crippen molar-refractivity contribution in [3.63, 3.8) is 0 Å². The van der Waals surface area contributed by atoms with Crippen LogP contribution in [0.25, 0.3) is 0 Å². The maximum Gasteiger partial charge on any atom is 0.303 e. The highest BCUT2D eigenvalue weighted by molar-refractivity contribution is 5.66. The molecule has 4 rings (SSSR count). The third-order valence-electron chi connectivity index (χ3n) is 10.2. The molecule has 1 unspecified atom stereocenters. The van der Waals surface area contributed by atoms with E-state index in [0.29, 0.717) is 25.2 Å². The van der Waals surface area contributed by atoms with Crippen molar-refractivity contribution >= 4 is 5.97 Å². The second-order valence-electron chi connectivity index (χ2n) is 11.4. The molecule has 0 amide bonds. The van der Waals surface area contributed by atoms with Gasteiger partial charge in [-0.2, -0.15) is 0 Å². The molecule has 0 bridgehead atoms. The van der Waals surface area contributed by atoms with Crippen LogP contribution in [0, 0.1) is 46.3 Å². The summed E-state index contributed by atoms with van der Waals surface area (Å²) in [7, 11) is 0. The minimum Gasteiger partial charge on any atom is -0.481 e. The van der Waals surface area contributed by atoms with Crippen molar-refractivity contribution in [3.05, 3.63) is 0 Å². The molecular weight excluding hydrogens is 377 g/mol. The van der Waals surface area contributed by atoms with E-state index in [9.17, 15) is 9.18 Å². The first kappa shape index (κ1) is 21.5. The first-order valence-corrected chi connectivity index (χ1v) is 11.7. The third kappa shape index (κ3) is 3.33. The van der Waals surface area contributed by atoms with Crippen LogP contribution < -0.4 is 0 Å². The van der Waals surface area contributed by atoms with Crippen LogP contribution in [-0.2, 0) is 4.79 Å². The lowest BCUT2D eigenvalue weighted by Gasteiger charge is -2.62. The summed E-state index contributed by atoms with van der Waals surface area (Å²) >= 11 is 0. The van der Waals surface area contributed by atoms with Crippen LogP contribution in [0.15, 0.2) is 0 Å². The summed E-state index contributed by atoms with van der Waals surface area (Å²) < 4.78 is 45.3. The molecule has 0 aromatic carbocycles. The maximum absolute atomic E-state index is 15.6. The highest BCUT2D eigenvalue weighted by Crippen LogP contribution is 2.71. The van der Waals surface area contributed by atoms with Gasteiger partial charge in [0.25, 0.3) is 5.92 Å². The summed E-state index contributed by atoms with van der Waals surface area (Å²) in [5.41, 5.74) is -0.272. The summed E-state index contributed by atoms with van der Waals surface area (Å²) in [5, 5.41) is 9.06. The number of alkyl halides is 3. The molecular formula is C24H37F3O2. The Bertz CT molecular complexity index is 652. The SMILES string of the molecule is C[C@H](CCC(=O)O)C1CC[C@H]2[C@H]3[C@H](CC[C@]12C)[C@@]1(C)CC[C@H](F)C[C@H]1CC3(F)F. The van der Waals surface area contributed by atoms with Gasteiger partial charge in [-0.3, -0.25) is 4.79 Å². The molecule has 2 nitrogen and oxygen atoms in total. The van der Waals surface area contributed by atoms with Gasteiger partial charge < -0.3 is 5.11 Å². The number of aliphatic carboxylic acids is 1. The minimum atomic E-state index is -2.71. The molecule has 0 saturated heterocycles. The smallest absolute Gasteiger partial charge is 0.303 e. The minimum absolute atomic E-state index is 0.00472. The number of rotatable bonds is 4. The van der Waals surface area contributed by atoms with Gasteiger partial charge in [-0.25, -0.2) is 13.2 Å². The lowest BCUT2D eigenvalue weighted by molar-refractivity contribution is -0.236. The van der Waals surface area contributed by atoms with E-state index in [1.165, 1.54) is 0 Å². The maximum atomic E-state index is 15.6. The van der Waals surface area contributed by atoms with Gasteiger partial charge in [-0.1, -0.05) is 20.8 Å². The topological polar surface area (TPSA) is 37.3 Å². The molecule has 0 radical (unpaired) electrons. The van der Waals surface area contributed by atoms with Gasteiger partial charge in [0.05, 0.1) is 0 Å². The molecule has 0 aliphatic heterocycles. The zero-order valence-corrected chi connectivity index (χ0v) is 18.1. The quantitative estimate of drug-likeness (QED) is 0.554. The highest BCUT2D eigenvalue weighted by atomic mass is 19.3. The molecule has 29 heavy (non-hydrogen) atoms. The Morgan fingerprint density at radius 2 is 1.72 bits per heavy atom. The van der Waals surface area contributed by atoms with E-state index in [1.54, 1.807) is 0 Å². The van der Waals surface area contributed by atoms with Crippen molar-refractivity contribution in [2.24, 2.45) is 46.3 Å². The fourth-order valence-corrected chi connectivity index (χ4v) is 8.63. The van der Waals surface area contributed by atoms with Gasteiger partial charge in [0, 0.05) is 18.8 Å². The van der Waals surface area contributed by atoms with E-state index in [1.807, 2.05) is 0 Å². The molecule has 5 heteroatoms. The number of carbonyl (C=O) groups is 1. The molecule has 9 atom stereocenters. The fourth-order valence-electron chi connectivity index (χ4n) is 8.63. The van der Waals surface area contributed by atoms with Gasteiger partial charge >= 0.3 is 5.97 Å². The molecule has 166 valence electrons. The molecule has 4 aliphatic carbocycles. The van der Waals surface area contributed by atoms with Crippen molar-refractivity contribution in [3.8, 4) is 0 Å². The first-order chi connectivity index (χ1) is 13.5. The van der Waals surface area contributed by atoms with Crippen molar-refractivity contribution in [2.75, 3.05) is 0 Å². The van der Waals surface area contributed by atoms with E-state index in [4.69, 9.17) is 5.11 Å². The zero-order valence-electron chi connectivity index (χ0n) is 18.1. The molecule has 4 saturated carbocycles. The number of carboxylic acids is 1. The lowest BCUT2D eigenvalue weighted by atomic mass is 9.43. The van der Waals surface area contributed by atoms with E-state index >= 15 is 8.78 Å². The predicted octanol–water partition coefficient (Wildman–Crippen LogP) is 6.73. The fraction of sp³-hybridized carbons (Fsp3) is 0.958. The largest absolute Gasteiger partial charge is 0.481 e. The van der Waals surface area contributed by atoms with Gasteiger partial charge in [-0.15, -0.1) is 0 Å². The highest BCUT2D eigenvalue weighted by Gasteiger charge is 2.68. The molecule has 4 fully saturated rings. The standard InChI is InChI=1S/C24H37F3O2/c1-14(4-7-20(28)29)17-5-6-18-21-19(9-11-23(17,18)3)22(2)10-8-16(25)12-15(22)13-24(21,26)27/h14-19,21H,4-13H2,1-3H3,(H,28,29)/t14-,15+,16+,17?,18+,19+,21+,22+,23-/m1/s1. The Hall–Kier alpha value is -0.740. The van der Waals surface area contributed by atoms with Gasteiger partial charge in [0.1, 0.15) is 6.17 Å². The summed E-state index contributed by atoms with van der Waals surface area (Å²) in [6, 6.07) is 0. The lowest BCUT2D eigenvalue weighted by Crippen LogP contribution is -2.60. The number of fused-ring (bicyclic) bond motifs is 5. The predicted molar refractivity (Wildman–Crippen MR) is 106 cm³/mol. The van der Waals surface area contributed by atoms with Crippen LogP contribution in [0.1, 0.15) is 85.0 Å². The molecule has 1 N–H and O–H groups in total. The molecule has 0 aromatic heterocycles. The second kappa shape index (κ2) is 7.15. The van der Waals surface area contributed by atoms with Gasteiger partial charge in [0.2, 0.25) is 0 Å². The third-order valence-corrected chi connectivity index (χ3v) is 10.2. The van der Waals surface area contributed by atoms with Crippen molar-refractivity contribution in [2.45, 2.75) is 97.1 Å². The Balaban J connectivity index is 1.60. The first-order valence-electron chi connectivity index (χ1n) is 11.7. The van der Waals surface area contributed by atoms with Crippen LogP contribution >= 0.6 is 0 Å². The van der Waals surface area contributed by atoms with E-state index in [2.05, 4.69) is 20.8 Å². The number of hydrogen-bond donors (Lipinski definition) is 1. The molecule has 0 heterocycles. The van der Waals surface area contributed by atoms with Crippen LogP contribution in [0.5, 0.6) is 0 Å². The summed E-state index contributed by atoms with van der Waals surface area (Å²) in [6.45, 7) is 6.51. The average Bonchev–Trinajstić information content (AvgIpc) is 2.98. The number of hydrogen-bond acceptors (Lipinski definition) is 1. The molecule has 0 aromatic rings. The zero-order chi connectivity index (χ0) is 21.2. The van der Waals surface area contributed by atoms with Crippen LogP contribution in [0.2, 0.25) is 0 Å². The monoisotopic (exact) mass is 414 g/mol. The summed E-state index contributed by atoms with van der Waals surface area (Å²) in [4.78, 5) is 11.0. The van der Waals surface area contributed by atoms with Crippen LogP contribution in [0.4, 0.5) is 13.2 Å². The molecule has 4 aliphatic rings. The van der Waals surface area contributed by atoms with Crippen LogP contribution in [0.3, 0.4) is 0 Å². The van der Waals surface area contributed by atoms with E-state index in [-0.39, 0.29) is 47.3 Å². The average molecular weight is 415 g/mol. The second-order valence-corrected chi connectivity index (χ2v) is 11.4. The Morgan fingerprint density at radius 1 is 1.07 bits per heavy atom. The normalized spacial score (nSPS) is 49.6. The van der Waals surface area contributed by atoms with Crippen molar-refractivity contribution in [1.29, 1.82) is 0 Å². The Morgan fingerprint density at radius 3 is 2.41 bits per heavy atom. The van der Waals surface area contributed by atoms with Crippen molar-refractivity contribution < 1.29 is 23.1 Å². The van der Waals surface area contributed by atoms with E-state index < -0.39 is 24.0 Å².